The van der Waals surface area contributed by atoms with Gasteiger partial charge in [0.1, 0.15) is 0 Å². The largest absolute Gasteiger partial charge is 0.336 e. The lowest BCUT2D eigenvalue weighted by Crippen LogP contribution is -2.29. The highest BCUT2D eigenvalue weighted by molar-refractivity contribution is 5.94. The lowest BCUT2D eigenvalue weighted by molar-refractivity contribution is 0.0787. The molecule has 6 nitrogen and oxygen atoms in total. The summed E-state index contributed by atoms with van der Waals surface area (Å²) in [7, 11) is 0. The van der Waals surface area contributed by atoms with Gasteiger partial charge in [0, 0.05) is 30.7 Å². The minimum absolute atomic E-state index is 0.0564. The van der Waals surface area contributed by atoms with E-state index in [0.717, 1.165) is 23.9 Å². The lowest BCUT2D eigenvalue weighted by Gasteiger charge is -2.16. The van der Waals surface area contributed by atoms with Gasteiger partial charge in [0.15, 0.2) is 0 Å². The second kappa shape index (κ2) is 5.78. The number of amides is 1. The molecule has 0 aliphatic carbocycles. The molecule has 3 heterocycles. The van der Waals surface area contributed by atoms with Gasteiger partial charge < -0.3 is 4.90 Å². The molecule has 0 unspecified atom stereocenters. The van der Waals surface area contributed by atoms with Crippen LogP contribution in [0, 0.1) is 0 Å². The molecule has 1 amide bonds. The van der Waals surface area contributed by atoms with E-state index in [1.807, 2.05) is 34.1 Å². The zero-order chi connectivity index (χ0) is 16.7. The summed E-state index contributed by atoms with van der Waals surface area (Å²) in [4.78, 5) is 14.6. The molecule has 1 fully saturated rings. The summed E-state index contributed by atoms with van der Waals surface area (Å²) in [6, 6.07) is 8.68. The number of fused-ring (bicyclic) bond motifs is 1. The Morgan fingerprint density at radius 1 is 1.21 bits per heavy atom. The number of likely N-dealkylation sites (tertiary alicyclic amines) is 1. The number of carbonyl (C=O) groups excluding carboxylic acids is 1. The third-order valence-corrected chi connectivity index (χ3v) is 4.68. The second-order valence-electron chi connectivity index (χ2n) is 6.64. The van der Waals surface area contributed by atoms with Gasteiger partial charge in [-0.1, -0.05) is 18.2 Å². The first-order chi connectivity index (χ1) is 11.6. The van der Waals surface area contributed by atoms with E-state index in [9.17, 15) is 4.79 Å². The van der Waals surface area contributed by atoms with E-state index in [0.29, 0.717) is 12.1 Å². The highest BCUT2D eigenvalue weighted by Crippen LogP contribution is 2.26. The molecule has 1 atom stereocenters. The van der Waals surface area contributed by atoms with Crippen LogP contribution >= 0.6 is 0 Å². The van der Waals surface area contributed by atoms with E-state index >= 15 is 0 Å². The Morgan fingerprint density at radius 2 is 2.04 bits per heavy atom. The number of nitrogens with zero attached hydrogens (tertiary/aromatic N) is 5. The Hall–Kier alpha value is -2.63. The molecule has 0 spiro atoms. The van der Waals surface area contributed by atoms with Crippen molar-refractivity contribution in [2.75, 3.05) is 13.1 Å². The first kappa shape index (κ1) is 14.9. The van der Waals surface area contributed by atoms with Crippen molar-refractivity contribution in [1.82, 2.24) is 24.5 Å². The topological polar surface area (TPSA) is 56.0 Å². The summed E-state index contributed by atoms with van der Waals surface area (Å²) in [6.07, 6.45) is 6.32. The molecule has 1 aliphatic rings. The van der Waals surface area contributed by atoms with Crippen LogP contribution in [-0.2, 0) is 0 Å². The van der Waals surface area contributed by atoms with Crippen LogP contribution in [0.3, 0.4) is 0 Å². The quantitative estimate of drug-likeness (QED) is 0.745. The molecular weight excluding hydrogens is 302 g/mol. The molecule has 0 N–H and O–H groups in total. The zero-order valence-electron chi connectivity index (χ0n) is 14.0. The zero-order valence-corrected chi connectivity index (χ0v) is 14.0. The smallest absolute Gasteiger partial charge is 0.257 e. The summed E-state index contributed by atoms with van der Waals surface area (Å²) in [5.74, 6) is 0.0564. The van der Waals surface area contributed by atoms with Crippen molar-refractivity contribution < 1.29 is 4.79 Å². The fraction of sp³-hybridized carbons (Fsp3) is 0.389. The summed E-state index contributed by atoms with van der Waals surface area (Å²) in [5.41, 5.74) is 1.79. The highest BCUT2D eigenvalue weighted by atomic mass is 16.2. The predicted octanol–water partition coefficient (Wildman–Crippen LogP) is 2.90. The number of hydrogen-bond acceptors (Lipinski definition) is 3. The van der Waals surface area contributed by atoms with Gasteiger partial charge in [0.25, 0.3) is 5.91 Å². The monoisotopic (exact) mass is 323 g/mol. The van der Waals surface area contributed by atoms with E-state index in [4.69, 9.17) is 0 Å². The SMILES string of the molecule is CC(C)n1cc(C(=O)N2CC[C@H](n3ncc4ccccc43)C2)cn1. The molecular formula is C18H21N5O. The van der Waals surface area contributed by atoms with E-state index in [1.54, 1.807) is 6.20 Å². The maximum absolute atomic E-state index is 12.7. The van der Waals surface area contributed by atoms with Crippen LogP contribution in [0.25, 0.3) is 10.9 Å². The van der Waals surface area contributed by atoms with Gasteiger partial charge in [-0.2, -0.15) is 10.2 Å². The van der Waals surface area contributed by atoms with Gasteiger partial charge in [-0.05, 0) is 26.3 Å². The van der Waals surface area contributed by atoms with E-state index in [1.165, 1.54) is 0 Å². The van der Waals surface area contributed by atoms with Gasteiger partial charge in [-0.25, -0.2) is 0 Å². The van der Waals surface area contributed by atoms with Crippen molar-refractivity contribution in [1.29, 1.82) is 0 Å². The Kier molecular flexibility index (Phi) is 3.59. The van der Waals surface area contributed by atoms with Crippen molar-refractivity contribution in [3.05, 3.63) is 48.4 Å². The molecule has 24 heavy (non-hydrogen) atoms. The Balaban J connectivity index is 1.52. The van der Waals surface area contributed by atoms with Crippen LogP contribution in [0.15, 0.2) is 42.9 Å². The van der Waals surface area contributed by atoms with Crippen LogP contribution in [0.1, 0.15) is 42.7 Å². The van der Waals surface area contributed by atoms with Gasteiger partial charge in [0.05, 0.1) is 29.5 Å². The Bertz CT molecular complexity index is 878. The summed E-state index contributed by atoms with van der Waals surface area (Å²) >= 11 is 0. The van der Waals surface area contributed by atoms with Gasteiger partial charge >= 0.3 is 0 Å². The lowest BCUT2D eigenvalue weighted by atomic mass is 10.2. The van der Waals surface area contributed by atoms with Crippen LogP contribution in [-0.4, -0.2) is 43.5 Å². The Morgan fingerprint density at radius 3 is 2.83 bits per heavy atom. The molecule has 1 aliphatic heterocycles. The third kappa shape index (κ3) is 2.48. The average Bonchev–Trinajstić information content (AvgIpc) is 3.32. The first-order valence-corrected chi connectivity index (χ1v) is 8.39. The minimum Gasteiger partial charge on any atom is -0.336 e. The normalized spacial score (nSPS) is 18.0. The molecule has 6 heteroatoms. The molecule has 0 bridgehead atoms. The van der Waals surface area contributed by atoms with Gasteiger partial charge in [0.2, 0.25) is 0 Å². The molecule has 0 radical (unpaired) electrons. The van der Waals surface area contributed by atoms with Crippen molar-refractivity contribution in [3.8, 4) is 0 Å². The van der Waals surface area contributed by atoms with E-state index in [2.05, 4.69) is 40.9 Å². The van der Waals surface area contributed by atoms with Crippen molar-refractivity contribution in [2.45, 2.75) is 32.4 Å². The van der Waals surface area contributed by atoms with Crippen molar-refractivity contribution in [3.63, 3.8) is 0 Å². The molecule has 2 aromatic heterocycles. The van der Waals surface area contributed by atoms with Gasteiger partial charge in [-0.15, -0.1) is 0 Å². The third-order valence-electron chi connectivity index (χ3n) is 4.68. The van der Waals surface area contributed by atoms with Crippen LogP contribution in [0.5, 0.6) is 0 Å². The van der Waals surface area contributed by atoms with Crippen molar-refractivity contribution >= 4 is 16.8 Å². The van der Waals surface area contributed by atoms with Crippen LogP contribution < -0.4 is 0 Å². The number of benzene rings is 1. The molecule has 0 saturated carbocycles. The molecule has 3 aromatic rings. The molecule has 124 valence electrons. The molecule has 1 aromatic carbocycles. The molecule has 4 rings (SSSR count). The van der Waals surface area contributed by atoms with E-state index in [-0.39, 0.29) is 18.0 Å². The average molecular weight is 323 g/mol. The molecule has 1 saturated heterocycles. The second-order valence-corrected chi connectivity index (χ2v) is 6.64. The Labute approximate surface area is 140 Å². The minimum atomic E-state index is 0.0564. The summed E-state index contributed by atoms with van der Waals surface area (Å²) in [6.45, 7) is 5.55. The number of carbonyl (C=O) groups is 1. The summed E-state index contributed by atoms with van der Waals surface area (Å²) in [5, 5.41) is 9.94. The van der Waals surface area contributed by atoms with Crippen molar-refractivity contribution in [2.24, 2.45) is 0 Å². The number of aromatic nitrogens is 4. The maximum atomic E-state index is 12.7. The van der Waals surface area contributed by atoms with E-state index < -0.39 is 0 Å². The highest BCUT2D eigenvalue weighted by Gasteiger charge is 2.29. The number of hydrogen-bond donors (Lipinski definition) is 0. The fourth-order valence-corrected chi connectivity index (χ4v) is 3.32. The fourth-order valence-electron chi connectivity index (χ4n) is 3.32. The first-order valence-electron chi connectivity index (χ1n) is 8.39. The van der Waals surface area contributed by atoms with Gasteiger partial charge in [-0.3, -0.25) is 14.2 Å². The van der Waals surface area contributed by atoms with Crippen LogP contribution in [0.4, 0.5) is 0 Å². The standard InChI is InChI=1S/C18H21N5O/c1-13(2)22-11-15(10-19-22)18(24)21-8-7-16(12-21)23-17-6-4-3-5-14(17)9-20-23/h3-6,9-11,13,16H,7-8,12H2,1-2H3/t16-/m0/s1. The van der Waals surface area contributed by atoms with Crippen LogP contribution in [0.2, 0.25) is 0 Å². The summed E-state index contributed by atoms with van der Waals surface area (Å²) < 4.78 is 3.88. The maximum Gasteiger partial charge on any atom is 0.257 e. The predicted molar refractivity (Wildman–Crippen MR) is 91.9 cm³/mol. The number of para-hydroxylation sites is 1. The number of rotatable bonds is 3.